The lowest BCUT2D eigenvalue weighted by atomic mass is 10.1. The van der Waals surface area contributed by atoms with Crippen LogP contribution in [0, 0.1) is 0 Å². The van der Waals surface area contributed by atoms with Crippen LogP contribution < -0.4 is 0 Å². The van der Waals surface area contributed by atoms with Crippen LogP contribution in [0.25, 0.3) is 28.3 Å². The van der Waals surface area contributed by atoms with Crippen LogP contribution >= 0.6 is 15.9 Å². The van der Waals surface area contributed by atoms with Gasteiger partial charge in [-0.15, -0.1) is 10.2 Å². The molecule has 0 spiro atoms. The molecule has 0 aliphatic heterocycles. The first-order valence-electron chi connectivity index (χ1n) is 7.71. The average molecular weight is 418 g/mol. The lowest BCUT2D eigenvalue weighted by molar-refractivity contribution is -0.137. The standard InChI is InChI=1S/C19H11BrF3N3/c20-15-8-4-7-13(9-15)18-25-24-17-11-14(19(21,22)23)10-16(26(17)18)12-5-2-1-3-6-12/h1-11H. The fourth-order valence-electron chi connectivity index (χ4n) is 2.82. The summed E-state index contributed by atoms with van der Waals surface area (Å²) in [6.07, 6.45) is -4.47. The van der Waals surface area contributed by atoms with Gasteiger partial charge in [-0.1, -0.05) is 58.4 Å². The molecular weight excluding hydrogens is 407 g/mol. The van der Waals surface area contributed by atoms with E-state index in [0.717, 1.165) is 22.2 Å². The van der Waals surface area contributed by atoms with Crippen molar-refractivity contribution < 1.29 is 13.2 Å². The minimum Gasteiger partial charge on any atom is -0.275 e. The Morgan fingerprint density at radius 1 is 0.808 bits per heavy atom. The van der Waals surface area contributed by atoms with Crippen LogP contribution in [0.15, 0.2) is 71.2 Å². The highest BCUT2D eigenvalue weighted by atomic mass is 79.9. The third-order valence-electron chi connectivity index (χ3n) is 3.99. The third-order valence-corrected chi connectivity index (χ3v) is 4.48. The molecule has 7 heteroatoms. The Balaban J connectivity index is 2.06. The van der Waals surface area contributed by atoms with Crippen molar-refractivity contribution in [3.63, 3.8) is 0 Å². The molecule has 0 amide bonds. The van der Waals surface area contributed by atoms with E-state index in [0.29, 0.717) is 17.1 Å². The lowest BCUT2D eigenvalue weighted by Crippen LogP contribution is -2.07. The Hall–Kier alpha value is -2.67. The number of hydrogen-bond donors (Lipinski definition) is 0. The number of aromatic nitrogens is 3. The molecule has 0 fully saturated rings. The molecule has 0 saturated heterocycles. The van der Waals surface area contributed by atoms with Crippen molar-refractivity contribution in [1.29, 1.82) is 0 Å². The zero-order valence-corrected chi connectivity index (χ0v) is 14.8. The first-order valence-corrected chi connectivity index (χ1v) is 8.50. The molecule has 26 heavy (non-hydrogen) atoms. The van der Waals surface area contributed by atoms with Gasteiger partial charge in [-0.05, 0) is 29.8 Å². The molecule has 0 N–H and O–H groups in total. The monoisotopic (exact) mass is 417 g/mol. The van der Waals surface area contributed by atoms with E-state index in [4.69, 9.17) is 0 Å². The first-order chi connectivity index (χ1) is 12.4. The second kappa shape index (κ2) is 6.25. The van der Waals surface area contributed by atoms with E-state index in [9.17, 15) is 13.2 Å². The number of alkyl halides is 3. The maximum absolute atomic E-state index is 13.3. The average Bonchev–Trinajstić information content (AvgIpc) is 3.05. The van der Waals surface area contributed by atoms with Crippen molar-refractivity contribution in [3.8, 4) is 22.6 Å². The van der Waals surface area contributed by atoms with E-state index in [-0.39, 0.29) is 5.65 Å². The molecule has 130 valence electrons. The molecule has 2 heterocycles. The minimum atomic E-state index is -4.47. The molecule has 0 atom stereocenters. The quantitative estimate of drug-likeness (QED) is 0.409. The zero-order valence-electron chi connectivity index (χ0n) is 13.2. The van der Waals surface area contributed by atoms with E-state index >= 15 is 0 Å². The maximum atomic E-state index is 13.3. The molecule has 3 nitrogen and oxygen atoms in total. The van der Waals surface area contributed by atoms with E-state index in [1.165, 1.54) is 0 Å². The predicted octanol–water partition coefficient (Wildman–Crippen LogP) is 5.84. The maximum Gasteiger partial charge on any atom is 0.416 e. The van der Waals surface area contributed by atoms with Gasteiger partial charge in [0.25, 0.3) is 0 Å². The van der Waals surface area contributed by atoms with Crippen LogP contribution in [0.5, 0.6) is 0 Å². The largest absolute Gasteiger partial charge is 0.416 e. The minimum absolute atomic E-state index is 0.147. The van der Waals surface area contributed by atoms with Gasteiger partial charge in [0, 0.05) is 10.0 Å². The first kappa shape index (κ1) is 16.8. The van der Waals surface area contributed by atoms with Crippen LogP contribution in [0.4, 0.5) is 13.2 Å². The number of rotatable bonds is 2. The summed E-state index contributed by atoms with van der Waals surface area (Å²) < 4.78 is 42.5. The molecule has 0 saturated carbocycles. The summed E-state index contributed by atoms with van der Waals surface area (Å²) in [5.41, 5.74) is 1.18. The molecule has 2 aromatic heterocycles. The smallest absolute Gasteiger partial charge is 0.275 e. The lowest BCUT2D eigenvalue weighted by Gasteiger charge is -2.13. The summed E-state index contributed by atoms with van der Waals surface area (Å²) in [5, 5.41) is 8.12. The van der Waals surface area contributed by atoms with Gasteiger partial charge in [0.1, 0.15) is 0 Å². The van der Waals surface area contributed by atoms with Gasteiger partial charge in [-0.25, -0.2) is 0 Å². The van der Waals surface area contributed by atoms with Gasteiger partial charge in [-0.3, -0.25) is 4.40 Å². The number of hydrogen-bond acceptors (Lipinski definition) is 2. The summed E-state index contributed by atoms with van der Waals surface area (Å²) in [6.45, 7) is 0. The van der Waals surface area contributed by atoms with E-state index < -0.39 is 11.7 Å². The topological polar surface area (TPSA) is 30.2 Å². The number of fused-ring (bicyclic) bond motifs is 1. The number of halogens is 4. The molecule has 4 aromatic rings. The van der Waals surface area contributed by atoms with Gasteiger partial charge >= 0.3 is 6.18 Å². The van der Waals surface area contributed by atoms with Gasteiger partial charge in [0.05, 0.1) is 11.3 Å². The fourth-order valence-corrected chi connectivity index (χ4v) is 3.22. The summed E-state index contributed by atoms with van der Waals surface area (Å²) >= 11 is 3.41. The Morgan fingerprint density at radius 2 is 1.54 bits per heavy atom. The molecule has 4 rings (SSSR count). The molecule has 0 aliphatic carbocycles. The van der Waals surface area contributed by atoms with Gasteiger partial charge in [-0.2, -0.15) is 13.2 Å². The van der Waals surface area contributed by atoms with Crippen LogP contribution in [-0.2, 0) is 6.18 Å². The van der Waals surface area contributed by atoms with Gasteiger partial charge in [0.2, 0.25) is 0 Å². The Kier molecular flexibility index (Phi) is 4.03. The van der Waals surface area contributed by atoms with Crippen LogP contribution in [0.3, 0.4) is 0 Å². The highest BCUT2D eigenvalue weighted by molar-refractivity contribution is 9.10. The van der Waals surface area contributed by atoms with Crippen molar-refractivity contribution in [2.75, 3.05) is 0 Å². The summed E-state index contributed by atoms with van der Waals surface area (Å²) in [4.78, 5) is 0. The van der Waals surface area contributed by atoms with Crippen molar-refractivity contribution in [2.24, 2.45) is 0 Å². The molecular formula is C19H11BrF3N3. The number of pyridine rings is 1. The van der Waals surface area contributed by atoms with Crippen molar-refractivity contribution in [1.82, 2.24) is 14.6 Å². The highest BCUT2D eigenvalue weighted by Gasteiger charge is 2.32. The van der Waals surface area contributed by atoms with E-state index in [1.54, 1.807) is 28.7 Å². The van der Waals surface area contributed by atoms with Crippen molar-refractivity contribution >= 4 is 21.6 Å². The normalized spacial score (nSPS) is 11.8. The van der Waals surface area contributed by atoms with Crippen LogP contribution in [0.2, 0.25) is 0 Å². The second-order valence-corrected chi connectivity index (χ2v) is 6.64. The van der Waals surface area contributed by atoms with Crippen molar-refractivity contribution in [2.45, 2.75) is 6.18 Å². The zero-order chi connectivity index (χ0) is 18.3. The van der Waals surface area contributed by atoms with E-state index in [1.807, 2.05) is 30.3 Å². The number of nitrogens with zero attached hydrogens (tertiary/aromatic N) is 3. The molecule has 2 aromatic carbocycles. The number of benzene rings is 2. The Bertz CT molecular complexity index is 1090. The Morgan fingerprint density at radius 3 is 2.23 bits per heavy atom. The van der Waals surface area contributed by atoms with Crippen molar-refractivity contribution in [3.05, 3.63) is 76.8 Å². The molecule has 0 radical (unpaired) electrons. The van der Waals surface area contributed by atoms with Crippen LogP contribution in [0.1, 0.15) is 5.56 Å². The second-order valence-electron chi connectivity index (χ2n) is 5.72. The van der Waals surface area contributed by atoms with Crippen LogP contribution in [-0.4, -0.2) is 14.6 Å². The molecule has 0 aliphatic rings. The SMILES string of the molecule is FC(F)(F)c1cc(-c2ccccc2)n2c(-c3cccc(Br)c3)nnc2c1. The fraction of sp³-hybridized carbons (Fsp3) is 0.0526. The third kappa shape index (κ3) is 2.99. The molecule has 0 unspecified atom stereocenters. The van der Waals surface area contributed by atoms with E-state index in [2.05, 4.69) is 26.1 Å². The summed E-state index contributed by atoms with van der Waals surface area (Å²) in [6, 6.07) is 18.5. The highest BCUT2D eigenvalue weighted by Crippen LogP contribution is 2.35. The predicted molar refractivity (Wildman–Crippen MR) is 96.6 cm³/mol. The Labute approximate surface area is 155 Å². The van der Waals surface area contributed by atoms with Gasteiger partial charge in [0.15, 0.2) is 11.5 Å². The summed E-state index contributed by atoms with van der Waals surface area (Å²) in [5.74, 6) is 0.480. The molecule has 0 bridgehead atoms. The van der Waals surface area contributed by atoms with Gasteiger partial charge < -0.3 is 0 Å². The summed E-state index contributed by atoms with van der Waals surface area (Å²) in [7, 11) is 0.